The fourth-order valence-electron chi connectivity index (χ4n) is 3.34. The first-order valence-electron chi connectivity index (χ1n) is 9.21. The molecule has 0 bridgehead atoms. The first kappa shape index (κ1) is 18.5. The smallest absolute Gasteiger partial charge is 0.416 e. The third-order valence-corrected chi connectivity index (χ3v) is 4.66. The molecule has 1 aromatic rings. The molecular weight excluding hydrogens is 302 g/mol. The van der Waals surface area contributed by atoms with Gasteiger partial charge in [-0.2, -0.15) is 0 Å². The van der Waals surface area contributed by atoms with E-state index in [1.54, 1.807) is 0 Å². The number of imide groups is 1. The van der Waals surface area contributed by atoms with Gasteiger partial charge in [-0.25, -0.2) is 9.69 Å². The van der Waals surface area contributed by atoms with Gasteiger partial charge < -0.3 is 4.74 Å². The molecule has 0 spiro atoms. The summed E-state index contributed by atoms with van der Waals surface area (Å²) in [6.45, 7) is 4.54. The second-order valence-corrected chi connectivity index (χ2v) is 6.61. The van der Waals surface area contributed by atoms with Crippen molar-refractivity contribution in [1.29, 1.82) is 0 Å². The average molecular weight is 331 g/mol. The van der Waals surface area contributed by atoms with Gasteiger partial charge in [0, 0.05) is 5.92 Å². The topological polar surface area (TPSA) is 46.6 Å². The molecule has 0 aromatic heterocycles. The van der Waals surface area contributed by atoms with E-state index in [0.717, 1.165) is 44.1 Å². The van der Waals surface area contributed by atoms with Gasteiger partial charge in [0.15, 0.2) is 0 Å². The number of hydrogen-bond acceptors (Lipinski definition) is 3. The molecule has 1 saturated heterocycles. The Labute approximate surface area is 145 Å². The van der Waals surface area contributed by atoms with Gasteiger partial charge in [-0.3, -0.25) is 4.79 Å². The molecule has 0 unspecified atom stereocenters. The number of ether oxygens (including phenoxy) is 1. The Balaban J connectivity index is 2.06. The molecule has 0 saturated carbocycles. The Hall–Kier alpha value is -1.84. The number of benzene rings is 1. The quantitative estimate of drug-likeness (QED) is 0.623. The van der Waals surface area contributed by atoms with E-state index in [4.69, 9.17) is 4.74 Å². The highest BCUT2D eigenvalue weighted by Gasteiger charge is 2.40. The number of carbonyl (C=O) groups excluding carboxylic acids is 2. The molecule has 4 heteroatoms. The minimum Gasteiger partial charge on any atom is -0.447 e. The monoisotopic (exact) mass is 331 g/mol. The lowest BCUT2D eigenvalue weighted by Crippen LogP contribution is -2.43. The normalized spacial score (nSPS) is 18.5. The molecule has 24 heavy (non-hydrogen) atoms. The SMILES string of the molecule is CCCCC[C@@H](CCC)C(=O)N1C(=O)OC[C@H]1Cc1ccccc1. The van der Waals surface area contributed by atoms with E-state index in [9.17, 15) is 9.59 Å². The summed E-state index contributed by atoms with van der Waals surface area (Å²) in [5.74, 6) is -0.109. The number of amides is 2. The van der Waals surface area contributed by atoms with Gasteiger partial charge >= 0.3 is 6.09 Å². The maximum absolute atomic E-state index is 13.0. The number of nitrogens with zero attached hydrogens (tertiary/aromatic N) is 1. The average Bonchev–Trinajstić information content (AvgIpc) is 2.95. The lowest BCUT2D eigenvalue weighted by atomic mass is 9.94. The lowest BCUT2D eigenvalue weighted by molar-refractivity contribution is -0.134. The van der Waals surface area contributed by atoms with Crippen LogP contribution >= 0.6 is 0 Å². The molecular formula is C20H29NO3. The molecule has 2 amide bonds. The van der Waals surface area contributed by atoms with Crippen LogP contribution in [0, 0.1) is 5.92 Å². The van der Waals surface area contributed by atoms with Crippen molar-refractivity contribution in [1.82, 2.24) is 4.90 Å². The first-order chi connectivity index (χ1) is 11.7. The standard InChI is InChI=1S/C20H29NO3/c1-3-5-7-13-17(10-4-2)19(22)21-18(15-24-20(21)23)14-16-11-8-6-9-12-16/h6,8-9,11-12,17-18H,3-5,7,10,13-15H2,1-2H3/t17-,18-/m1/s1. The van der Waals surface area contributed by atoms with Gasteiger partial charge in [-0.05, 0) is 24.8 Å². The van der Waals surface area contributed by atoms with Crippen LogP contribution in [0.1, 0.15) is 57.9 Å². The second-order valence-electron chi connectivity index (χ2n) is 6.61. The Morgan fingerprint density at radius 3 is 2.58 bits per heavy atom. The van der Waals surface area contributed by atoms with Gasteiger partial charge in [0.05, 0.1) is 6.04 Å². The van der Waals surface area contributed by atoms with E-state index in [1.165, 1.54) is 4.90 Å². The van der Waals surface area contributed by atoms with Crippen molar-refractivity contribution >= 4 is 12.0 Å². The maximum Gasteiger partial charge on any atom is 0.416 e. The molecule has 4 nitrogen and oxygen atoms in total. The van der Waals surface area contributed by atoms with Crippen molar-refractivity contribution in [3.8, 4) is 0 Å². The highest BCUT2D eigenvalue weighted by molar-refractivity contribution is 5.94. The minimum atomic E-state index is -0.475. The van der Waals surface area contributed by atoms with E-state index in [2.05, 4.69) is 13.8 Å². The summed E-state index contributed by atoms with van der Waals surface area (Å²) in [4.78, 5) is 26.5. The maximum atomic E-state index is 13.0. The van der Waals surface area contributed by atoms with E-state index >= 15 is 0 Å². The molecule has 1 aromatic carbocycles. The highest BCUT2D eigenvalue weighted by Crippen LogP contribution is 2.24. The largest absolute Gasteiger partial charge is 0.447 e. The summed E-state index contributed by atoms with van der Waals surface area (Å²) in [6, 6.07) is 9.78. The van der Waals surface area contributed by atoms with Crippen LogP contribution in [-0.2, 0) is 16.0 Å². The zero-order chi connectivity index (χ0) is 17.4. The van der Waals surface area contributed by atoms with Crippen LogP contribution in [0.5, 0.6) is 0 Å². The molecule has 2 atom stereocenters. The molecule has 0 radical (unpaired) electrons. The van der Waals surface area contributed by atoms with Crippen LogP contribution < -0.4 is 0 Å². The second kappa shape index (κ2) is 9.45. The predicted octanol–water partition coefficient (Wildman–Crippen LogP) is 4.57. The number of rotatable bonds is 9. The highest BCUT2D eigenvalue weighted by atomic mass is 16.6. The summed E-state index contributed by atoms with van der Waals surface area (Å²) < 4.78 is 5.19. The van der Waals surface area contributed by atoms with Crippen molar-refractivity contribution < 1.29 is 14.3 Å². The molecule has 132 valence electrons. The van der Waals surface area contributed by atoms with Gasteiger partial charge in [-0.1, -0.05) is 69.9 Å². The summed E-state index contributed by atoms with van der Waals surface area (Å²) >= 11 is 0. The number of carbonyl (C=O) groups is 2. The molecule has 2 rings (SSSR count). The van der Waals surface area contributed by atoms with E-state index in [1.807, 2.05) is 30.3 Å². The van der Waals surface area contributed by atoms with Crippen molar-refractivity contribution in [2.24, 2.45) is 5.92 Å². The Bertz CT molecular complexity index is 529. The summed E-state index contributed by atoms with van der Waals surface area (Å²) in [5, 5.41) is 0. The Morgan fingerprint density at radius 1 is 1.17 bits per heavy atom. The first-order valence-corrected chi connectivity index (χ1v) is 9.21. The van der Waals surface area contributed by atoms with Crippen LogP contribution in [-0.4, -0.2) is 29.5 Å². The molecule has 0 N–H and O–H groups in total. The van der Waals surface area contributed by atoms with Gasteiger partial charge in [-0.15, -0.1) is 0 Å². The predicted molar refractivity (Wildman–Crippen MR) is 94.7 cm³/mol. The third kappa shape index (κ3) is 4.83. The van der Waals surface area contributed by atoms with Crippen molar-refractivity contribution in [3.63, 3.8) is 0 Å². The van der Waals surface area contributed by atoms with Crippen molar-refractivity contribution in [2.45, 2.75) is 64.8 Å². The molecule has 0 aliphatic carbocycles. The van der Waals surface area contributed by atoms with Gasteiger partial charge in [0.25, 0.3) is 0 Å². The van der Waals surface area contributed by atoms with Crippen LogP contribution in [0.3, 0.4) is 0 Å². The van der Waals surface area contributed by atoms with Gasteiger partial charge in [0.2, 0.25) is 5.91 Å². The summed E-state index contributed by atoms with van der Waals surface area (Å²) in [5.41, 5.74) is 1.12. The summed E-state index contributed by atoms with van der Waals surface area (Å²) in [6.07, 6.45) is 6.14. The molecule has 1 heterocycles. The molecule has 1 fully saturated rings. The van der Waals surface area contributed by atoms with E-state index in [-0.39, 0.29) is 17.9 Å². The number of unbranched alkanes of at least 4 members (excludes halogenated alkanes) is 2. The van der Waals surface area contributed by atoms with Crippen molar-refractivity contribution in [2.75, 3.05) is 6.61 Å². The fraction of sp³-hybridized carbons (Fsp3) is 0.600. The van der Waals surface area contributed by atoms with Crippen LogP contribution in [0.15, 0.2) is 30.3 Å². The van der Waals surface area contributed by atoms with Crippen LogP contribution in [0.2, 0.25) is 0 Å². The van der Waals surface area contributed by atoms with Crippen LogP contribution in [0.4, 0.5) is 4.79 Å². The van der Waals surface area contributed by atoms with E-state index < -0.39 is 6.09 Å². The lowest BCUT2D eigenvalue weighted by Gasteiger charge is -2.25. The molecule has 1 aliphatic heterocycles. The fourth-order valence-corrected chi connectivity index (χ4v) is 3.34. The van der Waals surface area contributed by atoms with Crippen molar-refractivity contribution in [3.05, 3.63) is 35.9 Å². The zero-order valence-electron chi connectivity index (χ0n) is 14.9. The molecule has 1 aliphatic rings. The summed E-state index contributed by atoms with van der Waals surface area (Å²) in [7, 11) is 0. The zero-order valence-corrected chi connectivity index (χ0v) is 14.9. The number of cyclic esters (lactones) is 1. The Morgan fingerprint density at radius 2 is 1.92 bits per heavy atom. The van der Waals surface area contributed by atoms with Gasteiger partial charge in [0.1, 0.15) is 6.61 Å². The Kier molecular flexibility index (Phi) is 7.29. The minimum absolute atomic E-state index is 0.0450. The van der Waals surface area contributed by atoms with E-state index in [0.29, 0.717) is 13.0 Å². The number of hydrogen-bond donors (Lipinski definition) is 0. The van der Waals surface area contributed by atoms with Crippen LogP contribution in [0.25, 0.3) is 0 Å². The third-order valence-electron chi connectivity index (χ3n) is 4.66.